The standard InChI is InChI=1S/C11H13ClN2/c1-11(2,3)14-10-6-4-5-9(12)8(10)7-13/h4-6,14H,1-3H3. The molecule has 3 heteroatoms. The van der Waals surface area contributed by atoms with Crippen molar-refractivity contribution in [2.75, 3.05) is 5.32 Å². The molecule has 1 aromatic carbocycles. The van der Waals surface area contributed by atoms with E-state index in [0.717, 1.165) is 5.69 Å². The molecule has 0 aliphatic heterocycles. The van der Waals surface area contributed by atoms with Gasteiger partial charge >= 0.3 is 0 Å². The van der Waals surface area contributed by atoms with Gasteiger partial charge in [-0.3, -0.25) is 0 Å². The molecule has 0 aliphatic rings. The Balaban J connectivity index is 3.10. The average molecular weight is 209 g/mol. The lowest BCUT2D eigenvalue weighted by molar-refractivity contribution is 0.634. The van der Waals surface area contributed by atoms with Crippen molar-refractivity contribution in [1.82, 2.24) is 0 Å². The zero-order valence-electron chi connectivity index (χ0n) is 8.56. The minimum absolute atomic E-state index is 0.0731. The Kier molecular flexibility index (Phi) is 3.03. The van der Waals surface area contributed by atoms with E-state index in [1.165, 1.54) is 0 Å². The number of nitrogens with zero attached hydrogens (tertiary/aromatic N) is 1. The predicted octanol–water partition coefficient (Wildman–Crippen LogP) is 3.42. The SMILES string of the molecule is CC(C)(C)Nc1cccc(Cl)c1C#N. The van der Waals surface area contributed by atoms with E-state index in [9.17, 15) is 0 Å². The lowest BCUT2D eigenvalue weighted by Crippen LogP contribution is -2.26. The lowest BCUT2D eigenvalue weighted by Gasteiger charge is -2.23. The summed E-state index contributed by atoms with van der Waals surface area (Å²) in [6.45, 7) is 6.11. The first-order valence-corrected chi connectivity index (χ1v) is 4.78. The summed E-state index contributed by atoms with van der Waals surface area (Å²) in [7, 11) is 0. The van der Waals surface area contributed by atoms with Gasteiger partial charge in [-0.25, -0.2) is 0 Å². The van der Waals surface area contributed by atoms with Crippen molar-refractivity contribution in [2.24, 2.45) is 0 Å². The van der Waals surface area contributed by atoms with Gasteiger partial charge in [0.15, 0.2) is 0 Å². The van der Waals surface area contributed by atoms with Crippen molar-refractivity contribution in [3.8, 4) is 6.07 Å². The molecule has 1 rings (SSSR count). The Hall–Kier alpha value is -1.20. The largest absolute Gasteiger partial charge is 0.379 e. The van der Waals surface area contributed by atoms with Gasteiger partial charge in [0.2, 0.25) is 0 Å². The molecule has 0 amide bonds. The van der Waals surface area contributed by atoms with Crippen LogP contribution in [0.15, 0.2) is 18.2 Å². The van der Waals surface area contributed by atoms with Crippen molar-refractivity contribution in [2.45, 2.75) is 26.3 Å². The number of hydrogen-bond donors (Lipinski definition) is 1. The Morgan fingerprint density at radius 1 is 1.36 bits per heavy atom. The smallest absolute Gasteiger partial charge is 0.103 e. The topological polar surface area (TPSA) is 35.8 Å². The summed E-state index contributed by atoms with van der Waals surface area (Å²) in [4.78, 5) is 0. The maximum Gasteiger partial charge on any atom is 0.103 e. The predicted molar refractivity (Wildman–Crippen MR) is 59.5 cm³/mol. The molecule has 0 aromatic heterocycles. The highest BCUT2D eigenvalue weighted by atomic mass is 35.5. The van der Waals surface area contributed by atoms with Crippen LogP contribution in [0.3, 0.4) is 0 Å². The molecule has 0 saturated heterocycles. The summed E-state index contributed by atoms with van der Waals surface area (Å²) in [5.74, 6) is 0. The molecule has 0 spiro atoms. The first kappa shape index (κ1) is 10.9. The molecular formula is C11H13ClN2. The number of nitriles is 1. The molecular weight excluding hydrogens is 196 g/mol. The fourth-order valence-corrected chi connectivity index (χ4v) is 1.36. The molecule has 0 saturated carbocycles. The van der Waals surface area contributed by atoms with E-state index in [1.54, 1.807) is 6.07 Å². The van der Waals surface area contributed by atoms with Gasteiger partial charge in [0.1, 0.15) is 6.07 Å². The normalized spacial score (nSPS) is 10.8. The Morgan fingerprint density at radius 3 is 2.50 bits per heavy atom. The summed E-state index contributed by atoms with van der Waals surface area (Å²) < 4.78 is 0. The number of halogens is 1. The maximum atomic E-state index is 8.92. The van der Waals surface area contributed by atoms with Crippen molar-refractivity contribution >= 4 is 17.3 Å². The van der Waals surface area contributed by atoms with Crippen LogP contribution in [0, 0.1) is 11.3 Å². The number of benzene rings is 1. The molecule has 0 unspecified atom stereocenters. The highest BCUT2D eigenvalue weighted by Gasteiger charge is 2.13. The summed E-state index contributed by atoms with van der Waals surface area (Å²) in [6.07, 6.45) is 0. The van der Waals surface area contributed by atoms with Crippen LogP contribution >= 0.6 is 11.6 Å². The van der Waals surface area contributed by atoms with E-state index in [1.807, 2.05) is 32.9 Å². The second kappa shape index (κ2) is 3.89. The number of nitrogens with one attached hydrogen (secondary N) is 1. The summed E-state index contributed by atoms with van der Waals surface area (Å²) in [5.41, 5.74) is 1.22. The number of anilines is 1. The van der Waals surface area contributed by atoms with Crippen LogP contribution in [0.4, 0.5) is 5.69 Å². The van der Waals surface area contributed by atoms with Gasteiger partial charge in [0.05, 0.1) is 16.3 Å². The minimum atomic E-state index is -0.0731. The van der Waals surface area contributed by atoms with Crippen LogP contribution < -0.4 is 5.32 Å². The molecule has 0 heterocycles. The molecule has 0 atom stereocenters. The van der Waals surface area contributed by atoms with Crippen LogP contribution in [0.1, 0.15) is 26.3 Å². The third-order valence-electron chi connectivity index (χ3n) is 1.64. The molecule has 0 fully saturated rings. The van der Waals surface area contributed by atoms with Crippen molar-refractivity contribution < 1.29 is 0 Å². The third kappa shape index (κ3) is 2.65. The van der Waals surface area contributed by atoms with Crippen molar-refractivity contribution in [3.63, 3.8) is 0 Å². The molecule has 0 radical (unpaired) electrons. The zero-order chi connectivity index (χ0) is 10.8. The van der Waals surface area contributed by atoms with E-state index < -0.39 is 0 Å². The van der Waals surface area contributed by atoms with Gasteiger partial charge < -0.3 is 5.32 Å². The fraction of sp³-hybridized carbons (Fsp3) is 0.364. The van der Waals surface area contributed by atoms with Gasteiger partial charge in [-0.15, -0.1) is 0 Å². The van der Waals surface area contributed by atoms with E-state index in [4.69, 9.17) is 16.9 Å². The third-order valence-corrected chi connectivity index (χ3v) is 1.95. The second-order valence-corrected chi connectivity index (χ2v) is 4.56. The number of hydrogen-bond acceptors (Lipinski definition) is 2. The van der Waals surface area contributed by atoms with Gasteiger partial charge in [-0.1, -0.05) is 17.7 Å². The van der Waals surface area contributed by atoms with Crippen molar-refractivity contribution in [1.29, 1.82) is 5.26 Å². The van der Waals surface area contributed by atoms with E-state index >= 15 is 0 Å². The molecule has 74 valence electrons. The van der Waals surface area contributed by atoms with E-state index in [2.05, 4.69) is 11.4 Å². The Bertz CT molecular complexity index is 372. The lowest BCUT2D eigenvalue weighted by atomic mass is 10.1. The Morgan fingerprint density at radius 2 is 2.00 bits per heavy atom. The van der Waals surface area contributed by atoms with Crippen LogP contribution in [0.25, 0.3) is 0 Å². The maximum absolute atomic E-state index is 8.92. The first-order valence-electron chi connectivity index (χ1n) is 4.41. The van der Waals surface area contributed by atoms with Gasteiger partial charge in [-0.2, -0.15) is 5.26 Å². The van der Waals surface area contributed by atoms with Crippen LogP contribution in [0.5, 0.6) is 0 Å². The van der Waals surface area contributed by atoms with Crippen molar-refractivity contribution in [3.05, 3.63) is 28.8 Å². The molecule has 0 bridgehead atoms. The minimum Gasteiger partial charge on any atom is -0.379 e. The van der Waals surface area contributed by atoms with Crippen LogP contribution in [-0.4, -0.2) is 5.54 Å². The van der Waals surface area contributed by atoms with Crippen LogP contribution in [-0.2, 0) is 0 Å². The first-order chi connectivity index (χ1) is 6.44. The van der Waals surface area contributed by atoms with Crippen LogP contribution in [0.2, 0.25) is 5.02 Å². The number of rotatable bonds is 1. The van der Waals surface area contributed by atoms with E-state index in [-0.39, 0.29) is 5.54 Å². The average Bonchev–Trinajstić information content (AvgIpc) is 2.01. The van der Waals surface area contributed by atoms with Gasteiger partial charge in [0, 0.05) is 5.54 Å². The molecule has 2 nitrogen and oxygen atoms in total. The quantitative estimate of drug-likeness (QED) is 0.768. The second-order valence-electron chi connectivity index (χ2n) is 4.15. The van der Waals surface area contributed by atoms with Gasteiger partial charge in [-0.05, 0) is 32.9 Å². The fourth-order valence-electron chi connectivity index (χ4n) is 1.15. The summed E-state index contributed by atoms with van der Waals surface area (Å²) >= 11 is 5.90. The highest BCUT2D eigenvalue weighted by molar-refractivity contribution is 6.32. The highest BCUT2D eigenvalue weighted by Crippen LogP contribution is 2.25. The van der Waals surface area contributed by atoms with Gasteiger partial charge in [0.25, 0.3) is 0 Å². The summed E-state index contributed by atoms with van der Waals surface area (Å²) in [6, 6.07) is 7.50. The molecule has 14 heavy (non-hydrogen) atoms. The zero-order valence-corrected chi connectivity index (χ0v) is 9.31. The monoisotopic (exact) mass is 208 g/mol. The molecule has 1 N–H and O–H groups in total. The Labute approximate surface area is 89.5 Å². The molecule has 1 aromatic rings. The summed E-state index contributed by atoms with van der Waals surface area (Å²) in [5, 5.41) is 12.6. The van der Waals surface area contributed by atoms with E-state index in [0.29, 0.717) is 10.6 Å². The molecule has 0 aliphatic carbocycles.